The molecule has 1 aromatic heterocycles. The number of hydrogen-bond donors (Lipinski definition) is 2. The first kappa shape index (κ1) is 12.0. The van der Waals surface area contributed by atoms with Crippen LogP contribution in [0.4, 0.5) is 17.2 Å². The Morgan fingerprint density at radius 1 is 1.29 bits per heavy atom. The first-order chi connectivity index (χ1) is 8.22. The number of hydrogen-bond acceptors (Lipinski definition) is 5. The zero-order chi connectivity index (χ0) is 12.3. The average molecular weight is 267 g/mol. The van der Waals surface area contributed by atoms with Crippen LogP contribution < -0.4 is 11.1 Å². The van der Waals surface area contributed by atoms with E-state index in [1.165, 1.54) is 6.33 Å². The van der Waals surface area contributed by atoms with Gasteiger partial charge in [0.05, 0.1) is 5.69 Å². The largest absolute Gasteiger partial charge is 0.393 e. The molecule has 0 aliphatic carbocycles. The molecular formula is C11H11ClN4S. The van der Waals surface area contributed by atoms with Crippen LogP contribution in [-0.2, 0) is 0 Å². The molecule has 0 saturated heterocycles. The lowest BCUT2D eigenvalue weighted by Gasteiger charge is -2.11. The Morgan fingerprint density at radius 3 is 2.82 bits per heavy atom. The molecule has 17 heavy (non-hydrogen) atoms. The number of nitrogens with one attached hydrogen (secondary N) is 1. The Kier molecular flexibility index (Phi) is 3.71. The predicted octanol–water partition coefficient (Wildman–Crippen LogP) is 3.18. The average Bonchev–Trinajstić information content (AvgIpc) is 2.35. The number of para-hydroxylation sites is 1. The number of nitrogens with zero attached hydrogens (tertiary/aromatic N) is 2. The van der Waals surface area contributed by atoms with Crippen molar-refractivity contribution in [2.45, 2.75) is 4.90 Å². The highest BCUT2D eigenvalue weighted by Gasteiger charge is 2.07. The summed E-state index contributed by atoms with van der Waals surface area (Å²) in [7, 11) is 0. The molecule has 0 bridgehead atoms. The minimum atomic E-state index is 0.254. The number of benzene rings is 1. The van der Waals surface area contributed by atoms with Crippen molar-refractivity contribution in [1.29, 1.82) is 0 Å². The molecule has 4 nitrogen and oxygen atoms in total. The van der Waals surface area contributed by atoms with Crippen LogP contribution in [0.25, 0.3) is 0 Å². The fourth-order valence-corrected chi connectivity index (χ4v) is 2.04. The van der Waals surface area contributed by atoms with Crippen LogP contribution in [0.5, 0.6) is 0 Å². The lowest BCUT2D eigenvalue weighted by molar-refractivity contribution is 1.17. The third kappa shape index (κ3) is 2.62. The number of aromatic nitrogens is 2. The Labute approximate surface area is 109 Å². The van der Waals surface area contributed by atoms with Gasteiger partial charge in [-0.3, -0.25) is 0 Å². The van der Waals surface area contributed by atoms with Crippen LogP contribution in [0.3, 0.4) is 0 Å². The van der Waals surface area contributed by atoms with Crippen LogP contribution in [-0.4, -0.2) is 16.2 Å². The fourth-order valence-electron chi connectivity index (χ4n) is 1.35. The van der Waals surface area contributed by atoms with Gasteiger partial charge in [0, 0.05) is 4.90 Å². The van der Waals surface area contributed by atoms with Crippen LogP contribution in [0.1, 0.15) is 0 Å². The maximum atomic E-state index is 5.83. The van der Waals surface area contributed by atoms with Crippen LogP contribution in [0.2, 0.25) is 5.15 Å². The van der Waals surface area contributed by atoms with Gasteiger partial charge in [0.2, 0.25) is 0 Å². The predicted molar refractivity (Wildman–Crippen MR) is 73.0 cm³/mol. The van der Waals surface area contributed by atoms with Gasteiger partial charge >= 0.3 is 0 Å². The van der Waals surface area contributed by atoms with Gasteiger partial charge in [0.25, 0.3) is 0 Å². The van der Waals surface area contributed by atoms with Crippen molar-refractivity contribution < 1.29 is 0 Å². The van der Waals surface area contributed by atoms with Gasteiger partial charge in [-0.1, -0.05) is 23.7 Å². The van der Waals surface area contributed by atoms with E-state index < -0.39 is 0 Å². The summed E-state index contributed by atoms with van der Waals surface area (Å²) in [4.78, 5) is 8.99. The molecule has 0 unspecified atom stereocenters. The molecule has 0 aliphatic heterocycles. The lowest BCUT2D eigenvalue weighted by atomic mass is 10.3. The highest BCUT2D eigenvalue weighted by atomic mass is 35.5. The summed E-state index contributed by atoms with van der Waals surface area (Å²) >= 11 is 7.48. The van der Waals surface area contributed by atoms with Crippen molar-refractivity contribution in [2.75, 3.05) is 17.3 Å². The van der Waals surface area contributed by atoms with Crippen molar-refractivity contribution in [3.63, 3.8) is 0 Å². The van der Waals surface area contributed by atoms with Gasteiger partial charge < -0.3 is 11.1 Å². The molecule has 2 rings (SSSR count). The topological polar surface area (TPSA) is 63.8 Å². The van der Waals surface area contributed by atoms with Crippen molar-refractivity contribution in [1.82, 2.24) is 9.97 Å². The zero-order valence-corrected chi connectivity index (χ0v) is 10.7. The summed E-state index contributed by atoms with van der Waals surface area (Å²) in [5.41, 5.74) is 7.09. The summed E-state index contributed by atoms with van der Waals surface area (Å²) < 4.78 is 0. The molecular weight excluding hydrogens is 256 g/mol. The second-order valence-corrected chi connectivity index (χ2v) is 4.46. The molecule has 0 radical (unpaired) electrons. The van der Waals surface area contributed by atoms with E-state index in [4.69, 9.17) is 17.3 Å². The van der Waals surface area contributed by atoms with Gasteiger partial charge in [-0.2, -0.15) is 0 Å². The van der Waals surface area contributed by atoms with Gasteiger partial charge in [-0.15, -0.1) is 11.8 Å². The molecule has 0 atom stereocenters. The molecule has 6 heteroatoms. The Hall–Kier alpha value is -1.46. The smallest absolute Gasteiger partial charge is 0.158 e. The number of thioether (sulfide) groups is 1. The van der Waals surface area contributed by atoms with E-state index in [1.54, 1.807) is 11.8 Å². The second-order valence-electron chi connectivity index (χ2n) is 3.25. The summed E-state index contributed by atoms with van der Waals surface area (Å²) in [6, 6.07) is 7.90. The van der Waals surface area contributed by atoms with Crippen LogP contribution in [0.15, 0.2) is 35.5 Å². The first-order valence-electron chi connectivity index (χ1n) is 4.88. The van der Waals surface area contributed by atoms with Gasteiger partial charge in [0.1, 0.15) is 12.0 Å². The minimum Gasteiger partial charge on any atom is -0.393 e. The van der Waals surface area contributed by atoms with Crippen molar-refractivity contribution in [2.24, 2.45) is 0 Å². The third-order valence-corrected chi connectivity index (χ3v) is 3.29. The summed E-state index contributed by atoms with van der Waals surface area (Å²) in [5.74, 6) is 0.520. The zero-order valence-electron chi connectivity index (χ0n) is 9.14. The third-order valence-electron chi connectivity index (χ3n) is 2.20. The molecule has 0 saturated carbocycles. The van der Waals surface area contributed by atoms with E-state index in [0.29, 0.717) is 11.5 Å². The number of nitrogens with two attached hydrogens (primary N) is 1. The molecule has 2 aromatic rings. The Bertz CT molecular complexity index is 533. The number of anilines is 3. The van der Waals surface area contributed by atoms with E-state index in [2.05, 4.69) is 15.3 Å². The number of halogens is 1. The van der Waals surface area contributed by atoms with Gasteiger partial charge in [-0.05, 0) is 18.4 Å². The maximum absolute atomic E-state index is 5.83. The van der Waals surface area contributed by atoms with Crippen LogP contribution >= 0.6 is 23.4 Å². The van der Waals surface area contributed by atoms with Gasteiger partial charge in [0.15, 0.2) is 11.0 Å². The minimum absolute atomic E-state index is 0.254. The molecule has 0 fully saturated rings. The van der Waals surface area contributed by atoms with Crippen molar-refractivity contribution in [3.05, 3.63) is 35.7 Å². The molecule has 88 valence electrons. The highest BCUT2D eigenvalue weighted by molar-refractivity contribution is 7.98. The maximum Gasteiger partial charge on any atom is 0.158 e. The van der Waals surface area contributed by atoms with Crippen LogP contribution in [0, 0.1) is 0 Å². The number of nitrogen functional groups attached to an aromatic ring is 1. The highest BCUT2D eigenvalue weighted by Crippen LogP contribution is 2.30. The molecule has 1 aromatic carbocycles. The number of rotatable bonds is 3. The van der Waals surface area contributed by atoms with E-state index in [0.717, 1.165) is 10.6 Å². The van der Waals surface area contributed by atoms with Crippen molar-refractivity contribution in [3.8, 4) is 0 Å². The molecule has 0 aliphatic rings. The standard InChI is InChI=1S/C11H11ClN4S/c1-17-8-5-3-2-4-7(8)16-11-9(13)10(12)14-6-15-11/h2-6H,13H2,1H3,(H,14,15,16). The summed E-state index contributed by atoms with van der Waals surface area (Å²) in [6.45, 7) is 0. The fraction of sp³-hybridized carbons (Fsp3) is 0.0909. The molecule has 3 N–H and O–H groups in total. The van der Waals surface area contributed by atoms with Crippen molar-refractivity contribution >= 4 is 40.6 Å². The Balaban J connectivity index is 2.35. The first-order valence-corrected chi connectivity index (χ1v) is 6.48. The van der Waals surface area contributed by atoms with E-state index in [-0.39, 0.29) is 5.15 Å². The van der Waals surface area contributed by atoms with E-state index >= 15 is 0 Å². The Morgan fingerprint density at radius 2 is 2.06 bits per heavy atom. The quantitative estimate of drug-likeness (QED) is 0.660. The molecule has 1 heterocycles. The van der Waals surface area contributed by atoms with E-state index in [1.807, 2.05) is 30.5 Å². The lowest BCUT2D eigenvalue weighted by Crippen LogP contribution is -2.01. The normalized spacial score (nSPS) is 10.2. The summed E-state index contributed by atoms with van der Waals surface area (Å²) in [6.07, 6.45) is 3.39. The molecule has 0 amide bonds. The SMILES string of the molecule is CSc1ccccc1Nc1ncnc(Cl)c1N. The van der Waals surface area contributed by atoms with E-state index in [9.17, 15) is 0 Å². The molecule has 0 spiro atoms. The monoisotopic (exact) mass is 266 g/mol. The van der Waals surface area contributed by atoms with Gasteiger partial charge in [-0.25, -0.2) is 9.97 Å². The summed E-state index contributed by atoms with van der Waals surface area (Å²) in [5, 5.41) is 3.40. The second kappa shape index (κ2) is 5.25.